The standard InChI is InChI=1S/C16H12O6/c1-21-13-7-12-14(16(20)15(13)19)10(18)6-11(22-12)8-2-4-9(17)5-3-8/h2-7,17,19-20H,1H3. The molecule has 0 saturated carbocycles. The predicted octanol–water partition coefficient (Wildman–Crippen LogP) is 2.59. The third kappa shape index (κ3) is 2.10. The SMILES string of the molecule is COc1cc2oc(-c3ccc(O)cc3)cc(=O)c2c(O)c1O. The van der Waals surface area contributed by atoms with Crippen molar-refractivity contribution in [2.45, 2.75) is 0 Å². The Morgan fingerprint density at radius 3 is 2.32 bits per heavy atom. The number of rotatable bonds is 2. The molecule has 0 aliphatic carbocycles. The summed E-state index contributed by atoms with van der Waals surface area (Å²) in [6.45, 7) is 0. The summed E-state index contributed by atoms with van der Waals surface area (Å²) < 4.78 is 10.5. The third-order valence-corrected chi connectivity index (χ3v) is 3.30. The smallest absolute Gasteiger partial charge is 0.201 e. The number of hydrogen-bond acceptors (Lipinski definition) is 6. The molecule has 0 aliphatic heterocycles. The number of benzene rings is 2. The zero-order valence-corrected chi connectivity index (χ0v) is 11.5. The van der Waals surface area contributed by atoms with E-state index in [0.717, 1.165) is 0 Å². The number of ether oxygens (including phenoxy) is 1. The molecule has 1 heterocycles. The van der Waals surface area contributed by atoms with Crippen molar-refractivity contribution in [2.75, 3.05) is 7.11 Å². The quantitative estimate of drug-likeness (QED) is 0.629. The third-order valence-electron chi connectivity index (χ3n) is 3.30. The molecule has 0 unspecified atom stereocenters. The molecule has 0 spiro atoms. The fourth-order valence-corrected chi connectivity index (χ4v) is 2.19. The fraction of sp³-hybridized carbons (Fsp3) is 0.0625. The van der Waals surface area contributed by atoms with E-state index in [4.69, 9.17) is 9.15 Å². The largest absolute Gasteiger partial charge is 0.508 e. The summed E-state index contributed by atoms with van der Waals surface area (Å²) in [4.78, 5) is 12.2. The van der Waals surface area contributed by atoms with Crippen LogP contribution in [-0.2, 0) is 0 Å². The predicted molar refractivity (Wildman–Crippen MR) is 79.5 cm³/mol. The maximum absolute atomic E-state index is 12.2. The van der Waals surface area contributed by atoms with Gasteiger partial charge in [0.25, 0.3) is 0 Å². The summed E-state index contributed by atoms with van der Waals surface area (Å²) in [6.07, 6.45) is 0. The van der Waals surface area contributed by atoms with Gasteiger partial charge in [0.05, 0.1) is 7.11 Å². The van der Waals surface area contributed by atoms with E-state index in [1.165, 1.54) is 31.4 Å². The second-order valence-corrected chi connectivity index (χ2v) is 4.67. The van der Waals surface area contributed by atoms with Gasteiger partial charge in [-0.05, 0) is 24.3 Å². The molecule has 0 bridgehead atoms. The lowest BCUT2D eigenvalue weighted by atomic mass is 10.1. The first-order valence-corrected chi connectivity index (χ1v) is 6.37. The molecule has 6 nitrogen and oxygen atoms in total. The van der Waals surface area contributed by atoms with Crippen LogP contribution in [-0.4, -0.2) is 22.4 Å². The molecule has 0 saturated heterocycles. The average molecular weight is 300 g/mol. The Hall–Kier alpha value is -3.15. The summed E-state index contributed by atoms with van der Waals surface area (Å²) in [7, 11) is 1.32. The molecule has 0 radical (unpaired) electrons. The molecule has 6 heteroatoms. The van der Waals surface area contributed by atoms with Gasteiger partial charge < -0.3 is 24.5 Å². The van der Waals surface area contributed by atoms with Crippen LogP contribution in [0.4, 0.5) is 0 Å². The Kier molecular flexibility index (Phi) is 3.14. The monoisotopic (exact) mass is 300 g/mol. The molecule has 1 aromatic heterocycles. The first-order valence-electron chi connectivity index (χ1n) is 6.37. The molecule has 112 valence electrons. The van der Waals surface area contributed by atoms with Crippen molar-refractivity contribution in [2.24, 2.45) is 0 Å². The van der Waals surface area contributed by atoms with Crippen LogP contribution in [0.1, 0.15) is 0 Å². The van der Waals surface area contributed by atoms with Crippen molar-refractivity contribution < 1.29 is 24.5 Å². The Labute approximate surface area is 124 Å². The van der Waals surface area contributed by atoms with Gasteiger partial charge in [-0.25, -0.2) is 0 Å². The molecule has 3 rings (SSSR count). The average Bonchev–Trinajstić information content (AvgIpc) is 2.51. The lowest BCUT2D eigenvalue weighted by Crippen LogP contribution is -2.01. The van der Waals surface area contributed by atoms with E-state index in [0.29, 0.717) is 5.56 Å². The van der Waals surface area contributed by atoms with E-state index in [-0.39, 0.29) is 28.2 Å². The molecule has 0 fully saturated rings. The molecule has 0 aliphatic rings. The van der Waals surface area contributed by atoms with Gasteiger partial charge in [0, 0.05) is 17.7 Å². The Bertz CT molecular complexity index is 909. The number of hydrogen-bond donors (Lipinski definition) is 3. The lowest BCUT2D eigenvalue weighted by molar-refractivity contribution is 0.352. The highest BCUT2D eigenvalue weighted by molar-refractivity contribution is 5.89. The van der Waals surface area contributed by atoms with Crippen LogP contribution in [0.15, 0.2) is 45.6 Å². The van der Waals surface area contributed by atoms with Crippen LogP contribution < -0.4 is 10.2 Å². The minimum Gasteiger partial charge on any atom is -0.508 e. The summed E-state index contributed by atoms with van der Waals surface area (Å²) in [6, 6.07) is 8.66. The Balaban J connectivity index is 2.30. The van der Waals surface area contributed by atoms with Crippen LogP contribution in [0.2, 0.25) is 0 Å². The van der Waals surface area contributed by atoms with Gasteiger partial charge in [-0.15, -0.1) is 0 Å². The normalized spacial score (nSPS) is 10.8. The summed E-state index contributed by atoms with van der Waals surface area (Å²) in [5, 5.41) is 28.9. The van der Waals surface area contributed by atoms with Gasteiger partial charge in [-0.2, -0.15) is 0 Å². The van der Waals surface area contributed by atoms with Gasteiger partial charge in [0.2, 0.25) is 5.75 Å². The van der Waals surface area contributed by atoms with Crippen molar-refractivity contribution in [1.82, 2.24) is 0 Å². The van der Waals surface area contributed by atoms with Crippen molar-refractivity contribution in [3.63, 3.8) is 0 Å². The van der Waals surface area contributed by atoms with Crippen molar-refractivity contribution in [3.8, 4) is 34.3 Å². The molecule has 3 N–H and O–H groups in total. The first kappa shape index (κ1) is 13.8. The Morgan fingerprint density at radius 2 is 1.68 bits per heavy atom. The highest BCUT2D eigenvalue weighted by atomic mass is 16.5. The molecule has 22 heavy (non-hydrogen) atoms. The van der Waals surface area contributed by atoms with E-state index >= 15 is 0 Å². The summed E-state index contributed by atoms with van der Waals surface area (Å²) in [5.74, 6) is -0.739. The van der Waals surface area contributed by atoms with Gasteiger partial charge in [0.15, 0.2) is 16.9 Å². The van der Waals surface area contributed by atoms with Crippen molar-refractivity contribution in [1.29, 1.82) is 0 Å². The Morgan fingerprint density at radius 1 is 1.00 bits per heavy atom. The minimum absolute atomic E-state index is 0.00370. The molecule has 0 atom stereocenters. The highest BCUT2D eigenvalue weighted by Crippen LogP contribution is 2.41. The van der Waals surface area contributed by atoms with Gasteiger partial charge in [-0.1, -0.05) is 0 Å². The lowest BCUT2D eigenvalue weighted by Gasteiger charge is -2.09. The van der Waals surface area contributed by atoms with E-state index in [1.54, 1.807) is 12.1 Å². The number of phenolic OH excluding ortho intramolecular Hbond substituents is 3. The molecule has 0 amide bonds. The molecule has 2 aromatic carbocycles. The second kappa shape index (κ2) is 5.00. The van der Waals surface area contributed by atoms with Crippen LogP contribution in [0.3, 0.4) is 0 Å². The highest BCUT2D eigenvalue weighted by Gasteiger charge is 2.18. The topological polar surface area (TPSA) is 100 Å². The fourth-order valence-electron chi connectivity index (χ4n) is 2.19. The van der Waals surface area contributed by atoms with Crippen LogP contribution in [0, 0.1) is 0 Å². The zero-order valence-electron chi connectivity index (χ0n) is 11.5. The van der Waals surface area contributed by atoms with E-state index in [9.17, 15) is 20.1 Å². The van der Waals surface area contributed by atoms with Crippen LogP contribution >= 0.6 is 0 Å². The van der Waals surface area contributed by atoms with Crippen molar-refractivity contribution >= 4 is 11.0 Å². The van der Waals surface area contributed by atoms with Gasteiger partial charge in [0.1, 0.15) is 22.5 Å². The number of fused-ring (bicyclic) bond motifs is 1. The maximum Gasteiger partial charge on any atom is 0.201 e. The van der Waals surface area contributed by atoms with Gasteiger partial charge >= 0.3 is 0 Å². The molecule has 3 aromatic rings. The summed E-state index contributed by atoms with van der Waals surface area (Å²) in [5.41, 5.74) is 0.172. The number of methoxy groups -OCH3 is 1. The van der Waals surface area contributed by atoms with E-state index in [2.05, 4.69) is 0 Å². The molecular weight excluding hydrogens is 288 g/mol. The van der Waals surface area contributed by atoms with Crippen molar-refractivity contribution in [3.05, 3.63) is 46.6 Å². The zero-order chi connectivity index (χ0) is 15.9. The first-order chi connectivity index (χ1) is 10.5. The van der Waals surface area contributed by atoms with Gasteiger partial charge in [-0.3, -0.25) is 4.79 Å². The number of phenols is 3. The van der Waals surface area contributed by atoms with Crippen LogP contribution in [0.5, 0.6) is 23.0 Å². The van der Waals surface area contributed by atoms with Crippen LogP contribution in [0.25, 0.3) is 22.3 Å². The maximum atomic E-state index is 12.2. The number of aromatic hydroxyl groups is 3. The minimum atomic E-state index is -0.583. The summed E-state index contributed by atoms with van der Waals surface area (Å²) >= 11 is 0. The van der Waals surface area contributed by atoms with E-state index in [1.807, 2.05) is 0 Å². The van der Waals surface area contributed by atoms with E-state index < -0.39 is 16.9 Å². The second-order valence-electron chi connectivity index (χ2n) is 4.67. The molecular formula is C16H12O6.